The molecule has 18 heavy (non-hydrogen) atoms. The van der Waals surface area contributed by atoms with Crippen LogP contribution in [0.5, 0.6) is 0 Å². The van der Waals surface area contributed by atoms with Crippen LogP contribution in [-0.4, -0.2) is 38.6 Å². The van der Waals surface area contributed by atoms with E-state index in [0.717, 1.165) is 12.5 Å². The van der Waals surface area contributed by atoms with E-state index in [9.17, 15) is 0 Å². The second-order valence-electron chi connectivity index (χ2n) is 5.87. The molecule has 0 bridgehead atoms. The molecular formula is C16H26N2. The van der Waals surface area contributed by atoms with Gasteiger partial charge < -0.3 is 10.2 Å². The van der Waals surface area contributed by atoms with Gasteiger partial charge in [0.05, 0.1) is 0 Å². The zero-order chi connectivity index (χ0) is 13.0. The lowest BCUT2D eigenvalue weighted by atomic mass is 9.80. The second-order valence-corrected chi connectivity index (χ2v) is 5.87. The van der Waals surface area contributed by atoms with E-state index in [1.807, 2.05) is 0 Å². The van der Waals surface area contributed by atoms with Crippen LogP contribution in [0.25, 0.3) is 0 Å². The van der Waals surface area contributed by atoms with Gasteiger partial charge in [0, 0.05) is 6.54 Å². The Morgan fingerprint density at radius 2 is 1.78 bits per heavy atom. The molecule has 1 N–H and O–H groups in total. The monoisotopic (exact) mass is 246 g/mol. The summed E-state index contributed by atoms with van der Waals surface area (Å²) < 4.78 is 0. The van der Waals surface area contributed by atoms with E-state index in [-0.39, 0.29) is 0 Å². The quantitative estimate of drug-likeness (QED) is 0.878. The highest BCUT2D eigenvalue weighted by Crippen LogP contribution is 2.31. The number of aryl methyl sites for hydroxylation is 1. The number of likely N-dealkylation sites (N-methyl/N-ethyl adjacent to an activating group) is 1. The predicted molar refractivity (Wildman–Crippen MR) is 78.1 cm³/mol. The molecule has 0 aliphatic carbocycles. The van der Waals surface area contributed by atoms with Gasteiger partial charge in [-0.3, -0.25) is 0 Å². The number of nitrogens with one attached hydrogen (secondary N) is 1. The first-order chi connectivity index (χ1) is 8.66. The van der Waals surface area contributed by atoms with Crippen molar-refractivity contribution in [3.8, 4) is 0 Å². The van der Waals surface area contributed by atoms with E-state index in [1.54, 1.807) is 0 Å². The maximum absolute atomic E-state index is 3.47. The molecule has 1 saturated heterocycles. The van der Waals surface area contributed by atoms with Gasteiger partial charge in [0.15, 0.2) is 0 Å². The summed E-state index contributed by atoms with van der Waals surface area (Å²) in [5, 5.41) is 3.47. The minimum atomic E-state index is 0.683. The van der Waals surface area contributed by atoms with Crippen LogP contribution in [0.2, 0.25) is 0 Å². The Kier molecular flexibility index (Phi) is 4.79. The van der Waals surface area contributed by atoms with Crippen LogP contribution in [0, 0.1) is 12.8 Å². The fourth-order valence-corrected chi connectivity index (χ4v) is 2.98. The molecule has 1 aliphatic rings. The third-order valence-corrected chi connectivity index (χ3v) is 4.02. The van der Waals surface area contributed by atoms with Crippen LogP contribution in [0.15, 0.2) is 24.3 Å². The minimum Gasteiger partial charge on any atom is -0.317 e. The summed E-state index contributed by atoms with van der Waals surface area (Å²) in [6.45, 7) is 5.68. The van der Waals surface area contributed by atoms with Crippen molar-refractivity contribution in [3.63, 3.8) is 0 Å². The van der Waals surface area contributed by atoms with Gasteiger partial charge in [0.25, 0.3) is 0 Å². The van der Waals surface area contributed by atoms with Crippen LogP contribution < -0.4 is 5.32 Å². The Morgan fingerprint density at radius 1 is 1.17 bits per heavy atom. The van der Waals surface area contributed by atoms with Crippen LogP contribution in [0.4, 0.5) is 0 Å². The minimum absolute atomic E-state index is 0.683. The average molecular weight is 246 g/mol. The summed E-state index contributed by atoms with van der Waals surface area (Å²) in [5.74, 6) is 1.51. The molecule has 0 aromatic heterocycles. The van der Waals surface area contributed by atoms with Crippen LogP contribution >= 0.6 is 0 Å². The molecule has 1 unspecified atom stereocenters. The summed E-state index contributed by atoms with van der Waals surface area (Å²) in [6, 6.07) is 9.15. The highest BCUT2D eigenvalue weighted by molar-refractivity contribution is 5.25. The van der Waals surface area contributed by atoms with E-state index in [1.165, 1.54) is 37.1 Å². The second kappa shape index (κ2) is 6.35. The lowest BCUT2D eigenvalue weighted by molar-refractivity contribution is 0.262. The zero-order valence-corrected chi connectivity index (χ0v) is 11.9. The van der Waals surface area contributed by atoms with Crippen molar-refractivity contribution in [1.29, 1.82) is 0 Å². The number of hydrogen-bond acceptors (Lipinski definition) is 2. The van der Waals surface area contributed by atoms with Crippen molar-refractivity contribution in [2.45, 2.75) is 25.7 Å². The van der Waals surface area contributed by atoms with E-state index < -0.39 is 0 Å². The zero-order valence-electron chi connectivity index (χ0n) is 11.9. The smallest absolute Gasteiger partial charge is 0.00469 e. The Balaban J connectivity index is 2.15. The molecule has 0 spiro atoms. The topological polar surface area (TPSA) is 15.3 Å². The van der Waals surface area contributed by atoms with Gasteiger partial charge >= 0.3 is 0 Å². The maximum Gasteiger partial charge on any atom is 0.00469 e. The van der Waals surface area contributed by atoms with Crippen LogP contribution in [-0.2, 0) is 0 Å². The number of benzene rings is 1. The largest absolute Gasteiger partial charge is 0.317 e. The van der Waals surface area contributed by atoms with Gasteiger partial charge in [0.2, 0.25) is 0 Å². The molecule has 1 atom stereocenters. The normalized spacial score (nSPS) is 19.1. The van der Waals surface area contributed by atoms with Gasteiger partial charge in [0.1, 0.15) is 0 Å². The first kappa shape index (κ1) is 13.6. The molecule has 100 valence electrons. The van der Waals surface area contributed by atoms with Crippen molar-refractivity contribution >= 4 is 0 Å². The molecule has 1 aliphatic heterocycles. The van der Waals surface area contributed by atoms with Crippen LogP contribution in [0.1, 0.15) is 29.9 Å². The van der Waals surface area contributed by atoms with Crippen molar-refractivity contribution in [2.75, 3.05) is 33.7 Å². The highest BCUT2D eigenvalue weighted by Gasteiger charge is 2.25. The van der Waals surface area contributed by atoms with E-state index >= 15 is 0 Å². The Morgan fingerprint density at radius 3 is 2.33 bits per heavy atom. The molecule has 1 aromatic rings. The van der Waals surface area contributed by atoms with Crippen molar-refractivity contribution < 1.29 is 0 Å². The molecule has 2 nitrogen and oxygen atoms in total. The first-order valence-corrected chi connectivity index (χ1v) is 7.09. The number of nitrogens with zero attached hydrogens (tertiary/aromatic N) is 1. The number of hydrogen-bond donors (Lipinski definition) is 1. The van der Waals surface area contributed by atoms with Crippen LogP contribution in [0.3, 0.4) is 0 Å². The predicted octanol–water partition coefficient (Wildman–Crippen LogP) is 2.64. The van der Waals surface area contributed by atoms with Crippen molar-refractivity contribution in [3.05, 3.63) is 35.4 Å². The van der Waals surface area contributed by atoms with E-state index in [2.05, 4.69) is 55.5 Å². The molecule has 0 amide bonds. The standard InChI is InChI=1S/C16H26N2/c1-13-4-6-14(7-5-13)16(12-18(2)3)15-8-10-17-11-9-15/h4-7,15-17H,8-12H2,1-3H3. The van der Waals surface area contributed by atoms with Gasteiger partial charge in [-0.15, -0.1) is 0 Å². The number of rotatable bonds is 4. The van der Waals surface area contributed by atoms with Gasteiger partial charge in [-0.05, 0) is 64.3 Å². The third kappa shape index (κ3) is 3.56. The molecule has 0 radical (unpaired) electrons. The Bertz CT molecular complexity index is 350. The summed E-state index contributed by atoms with van der Waals surface area (Å²) >= 11 is 0. The molecule has 2 heteroatoms. The van der Waals surface area contributed by atoms with Crippen molar-refractivity contribution in [2.24, 2.45) is 5.92 Å². The van der Waals surface area contributed by atoms with E-state index in [4.69, 9.17) is 0 Å². The van der Waals surface area contributed by atoms with Crippen molar-refractivity contribution in [1.82, 2.24) is 10.2 Å². The van der Waals surface area contributed by atoms with Gasteiger partial charge in [-0.1, -0.05) is 29.8 Å². The SMILES string of the molecule is Cc1ccc(C(CN(C)C)C2CCNCC2)cc1. The Hall–Kier alpha value is -0.860. The molecule has 1 fully saturated rings. The number of piperidine rings is 1. The van der Waals surface area contributed by atoms with Gasteiger partial charge in [-0.2, -0.15) is 0 Å². The highest BCUT2D eigenvalue weighted by atomic mass is 15.1. The fourth-order valence-electron chi connectivity index (χ4n) is 2.98. The summed E-state index contributed by atoms with van der Waals surface area (Å²) in [6.07, 6.45) is 2.62. The molecule has 1 heterocycles. The summed E-state index contributed by atoms with van der Waals surface area (Å²) in [5.41, 5.74) is 2.87. The Labute approximate surface area is 111 Å². The fraction of sp³-hybridized carbons (Fsp3) is 0.625. The third-order valence-electron chi connectivity index (χ3n) is 4.02. The van der Waals surface area contributed by atoms with Gasteiger partial charge in [-0.25, -0.2) is 0 Å². The summed E-state index contributed by atoms with van der Waals surface area (Å²) in [4.78, 5) is 2.33. The van der Waals surface area contributed by atoms with E-state index in [0.29, 0.717) is 5.92 Å². The maximum atomic E-state index is 3.47. The lowest BCUT2D eigenvalue weighted by Crippen LogP contribution is -2.34. The molecule has 0 saturated carbocycles. The average Bonchev–Trinajstić information content (AvgIpc) is 2.38. The molecule has 2 rings (SSSR count). The molecular weight excluding hydrogens is 220 g/mol. The lowest BCUT2D eigenvalue weighted by Gasteiger charge is -2.33. The molecule has 1 aromatic carbocycles. The first-order valence-electron chi connectivity index (χ1n) is 7.09. The summed E-state index contributed by atoms with van der Waals surface area (Å²) in [7, 11) is 4.37.